The van der Waals surface area contributed by atoms with Gasteiger partial charge in [-0.3, -0.25) is 4.79 Å². The summed E-state index contributed by atoms with van der Waals surface area (Å²) < 4.78 is 1.72. The van der Waals surface area contributed by atoms with Gasteiger partial charge in [-0.05, 0) is 12.8 Å². The van der Waals surface area contributed by atoms with Crippen molar-refractivity contribution in [3.63, 3.8) is 0 Å². The molecule has 19 heavy (non-hydrogen) atoms. The number of hydrogen-bond acceptors (Lipinski definition) is 5. The summed E-state index contributed by atoms with van der Waals surface area (Å²) in [6, 6.07) is 0.145. The average Bonchev–Trinajstić information content (AvgIpc) is 2.79. The Balaban J connectivity index is 1.61. The van der Waals surface area contributed by atoms with Gasteiger partial charge in [-0.25, -0.2) is 4.68 Å². The van der Waals surface area contributed by atoms with Crippen molar-refractivity contribution in [2.45, 2.75) is 43.9 Å². The van der Waals surface area contributed by atoms with E-state index in [1.54, 1.807) is 10.9 Å². The molecule has 1 aliphatic carbocycles. The van der Waals surface area contributed by atoms with E-state index in [4.69, 9.17) is 0 Å². The zero-order valence-corrected chi connectivity index (χ0v) is 10.7. The van der Waals surface area contributed by atoms with Crippen LogP contribution in [0.25, 0.3) is 0 Å². The van der Waals surface area contributed by atoms with Gasteiger partial charge in [0.25, 0.3) is 5.91 Å². The molecule has 0 bridgehead atoms. The average molecular weight is 265 g/mol. The lowest BCUT2D eigenvalue weighted by molar-refractivity contribution is 0.0713. The molecule has 0 aromatic carbocycles. The number of nitrogens with zero attached hydrogens (tertiary/aromatic N) is 3. The van der Waals surface area contributed by atoms with Crippen LogP contribution in [0.15, 0.2) is 6.20 Å². The molecule has 0 radical (unpaired) electrons. The Bertz CT molecular complexity index is 457. The highest BCUT2D eigenvalue weighted by molar-refractivity contribution is 5.92. The number of aliphatic hydroxyl groups excluding tert-OH is 1. The number of carbonyl (C=O) groups excluding carboxylic acids is 1. The van der Waals surface area contributed by atoms with Crippen LogP contribution in [0.2, 0.25) is 0 Å². The van der Waals surface area contributed by atoms with E-state index in [1.807, 2.05) is 0 Å². The Labute approximate surface area is 111 Å². The van der Waals surface area contributed by atoms with Crippen LogP contribution in [0.4, 0.5) is 0 Å². The highest BCUT2D eigenvalue weighted by atomic mass is 16.3. The molecule has 0 spiro atoms. The molecule has 1 aromatic heterocycles. The van der Waals surface area contributed by atoms with Gasteiger partial charge in [-0.15, -0.1) is 5.10 Å². The predicted octanol–water partition coefficient (Wildman–Crippen LogP) is -0.544. The van der Waals surface area contributed by atoms with Gasteiger partial charge >= 0.3 is 0 Å². The van der Waals surface area contributed by atoms with Gasteiger partial charge in [-0.1, -0.05) is 18.1 Å². The summed E-state index contributed by atoms with van der Waals surface area (Å²) in [6.45, 7) is 1.73. The normalized spacial score (nSPS) is 27.8. The summed E-state index contributed by atoms with van der Waals surface area (Å²) in [6.07, 6.45) is 4.89. The van der Waals surface area contributed by atoms with Gasteiger partial charge in [-0.2, -0.15) is 0 Å². The molecular weight excluding hydrogens is 246 g/mol. The lowest BCUT2D eigenvalue weighted by Crippen LogP contribution is -2.45. The van der Waals surface area contributed by atoms with E-state index >= 15 is 0 Å². The molecule has 1 saturated carbocycles. The molecule has 2 aliphatic rings. The van der Waals surface area contributed by atoms with Crippen LogP contribution in [0, 0.1) is 0 Å². The summed E-state index contributed by atoms with van der Waals surface area (Å²) in [5.41, 5.74) is 0.324. The van der Waals surface area contributed by atoms with Crippen molar-refractivity contribution in [2.75, 3.05) is 13.1 Å². The van der Waals surface area contributed by atoms with Gasteiger partial charge in [0.2, 0.25) is 0 Å². The topological polar surface area (TPSA) is 92.1 Å². The third-order valence-corrected chi connectivity index (χ3v) is 3.92. The van der Waals surface area contributed by atoms with Gasteiger partial charge < -0.3 is 15.7 Å². The van der Waals surface area contributed by atoms with Crippen LogP contribution in [0.3, 0.4) is 0 Å². The molecule has 3 rings (SSSR count). The second-order valence-corrected chi connectivity index (χ2v) is 5.33. The summed E-state index contributed by atoms with van der Waals surface area (Å²) >= 11 is 0. The highest BCUT2D eigenvalue weighted by Crippen LogP contribution is 2.18. The van der Waals surface area contributed by atoms with E-state index < -0.39 is 6.10 Å². The zero-order valence-electron chi connectivity index (χ0n) is 10.7. The third kappa shape index (κ3) is 2.62. The second-order valence-electron chi connectivity index (χ2n) is 5.33. The Kier molecular flexibility index (Phi) is 3.48. The Morgan fingerprint density at radius 1 is 1.42 bits per heavy atom. The molecule has 104 valence electrons. The van der Waals surface area contributed by atoms with E-state index in [1.165, 1.54) is 0 Å². The molecule has 7 nitrogen and oxygen atoms in total. The fourth-order valence-electron chi connectivity index (χ4n) is 2.54. The van der Waals surface area contributed by atoms with Crippen molar-refractivity contribution in [1.29, 1.82) is 0 Å². The number of amides is 1. The molecule has 3 N–H and O–H groups in total. The zero-order chi connectivity index (χ0) is 13.2. The number of carbonyl (C=O) groups is 1. The van der Waals surface area contributed by atoms with Crippen LogP contribution in [0.5, 0.6) is 0 Å². The summed E-state index contributed by atoms with van der Waals surface area (Å²) in [5.74, 6) is -0.246. The van der Waals surface area contributed by atoms with E-state index in [0.29, 0.717) is 11.7 Å². The largest absolute Gasteiger partial charge is 0.391 e. The second kappa shape index (κ2) is 5.26. The number of rotatable bonds is 3. The maximum Gasteiger partial charge on any atom is 0.273 e. The number of aromatic nitrogens is 3. The Morgan fingerprint density at radius 3 is 2.89 bits per heavy atom. The van der Waals surface area contributed by atoms with Gasteiger partial charge in [0, 0.05) is 13.1 Å². The molecule has 1 amide bonds. The minimum Gasteiger partial charge on any atom is -0.391 e. The summed E-state index contributed by atoms with van der Waals surface area (Å²) in [4.78, 5) is 12.0. The van der Waals surface area contributed by atoms with Crippen LogP contribution in [0.1, 0.15) is 42.2 Å². The standard InChI is InChI=1S/C12H19N5O2/c18-11-4-2-1-3-9(11)14-12(19)10-7-17(16-15-10)8-5-13-6-8/h7-9,11,13,18H,1-6H2,(H,14,19)/t9-,11-/m1/s1. The monoisotopic (exact) mass is 265 g/mol. The fourth-order valence-corrected chi connectivity index (χ4v) is 2.54. The van der Waals surface area contributed by atoms with Crippen molar-refractivity contribution in [3.05, 3.63) is 11.9 Å². The van der Waals surface area contributed by atoms with Crippen LogP contribution in [-0.2, 0) is 0 Å². The molecule has 2 fully saturated rings. The lowest BCUT2D eigenvalue weighted by Gasteiger charge is -2.28. The van der Waals surface area contributed by atoms with Crippen molar-refractivity contribution < 1.29 is 9.90 Å². The molecule has 7 heteroatoms. The Morgan fingerprint density at radius 2 is 2.21 bits per heavy atom. The molecule has 0 unspecified atom stereocenters. The van der Waals surface area contributed by atoms with E-state index in [-0.39, 0.29) is 11.9 Å². The first-order valence-corrected chi connectivity index (χ1v) is 6.85. The molecule has 1 saturated heterocycles. The smallest absolute Gasteiger partial charge is 0.273 e. The fraction of sp³-hybridized carbons (Fsp3) is 0.750. The molecule has 2 atom stereocenters. The molecular formula is C12H19N5O2. The van der Waals surface area contributed by atoms with Crippen molar-refractivity contribution in [2.24, 2.45) is 0 Å². The van der Waals surface area contributed by atoms with Gasteiger partial charge in [0.15, 0.2) is 5.69 Å². The third-order valence-electron chi connectivity index (χ3n) is 3.92. The van der Waals surface area contributed by atoms with E-state index in [0.717, 1.165) is 38.8 Å². The minimum atomic E-state index is -0.441. The first-order chi connectivity index (χ1) is 9.24. The van der Waals surface area contributed by atoms with Gasteiger partial charge in [0.1, 0.15) is 0 Å². The molecule has 1 aliphatic heterocycles. The number of hydrogen-bond donors (Lipinski definition) is 3. The maximum absolute atomic E-state index is 12.0. The number of nitrogens with one attached hydrogen (secondary N) is 2. The molecule has 1 aromatic rings. The van der Waals surface area contributed by atoms with Crippen molar-refractivity contribution in [1.82, 2.24) is 25.6 Å². The SMILES string of the molecule is O=C(N[C@@H]1CCCC[C@H]1O)c1cn(C2CNC2)nn1. The summed E-state index contributed by atoms with van der Waals surface area (Å²) in [7, 11) is 0. The summed E-state index contributed by atoms with van der Waals surface area (Å²) in [5, 5.41) is 23.7. The quantitative estimate of drug-likeness (QED) is 0.682. The lowest BCUT2D eigenvalue weighted by atomic mass is 9.92. The highest BCUT2D eigenvalue weighted by Gasteiger charge is 2.26. The first kappa shape index (κ1) is 12.6. The van der Waals surface area contributed by atoms with Crippen LogP contribution < -0.4 is 10.6 Å². The predicted molar refractivity (Wildman–Crippen MR) is 67.7 cm³/mol. The van der Waals surface area contributed by atoms with E-state index in [2.05, 4.69) is 20.9 Å². The first-order valence-electron chi connectivity index (χ1n) is 6.85. The van der Waals surface area contributed by atoms with Gasteiger partial charge in [0.05, 0.1) is 24.4 Å². The maximum atomic E-state index is 12.0. The van der Waals surface area contributed by atoms with Crippen LogP contribution in [-0.4, -0.2) is 51.2 Å². The molecule has 2 heterocycles. The van der Waals surface area contributed by atoms with Crippen molar-refractivity contribution >= 4 is 5.91 Å². The Hall–Kier alpha value is -1.47. The minimum absolute atomic E-state index is 0.156. The van der Waals surface area contributed by atoms with Crippen molar-refractivity contribution in [3.8, 4) is 0 Å². The van der Waals surface area contributed by atoms with E-state index in [9.17, 15) is 9.90 Å². The number of aliphatic hydroxyl groups is 1. The van der Waals surface area contributed by atoms with Crippen LogP contribution >= 0.6 is 0 Å².